The van der Waals surface area contributed by atoms with Crippen LogP contribution in [0.1, 0.15) is 99.3 Å². The average Bonchev–Trinajstić information content (AvgIpc) is 4.17. The van der Waals surface area contributed by atoms with Crippen LogP contribution in [0.2, 0.25) is 10.0 Å². The number of benzene rings is 2. The summed E-state index contributed by atoms with van der Waals surface area (Å²) in [4.78, 5) is 16.6. The zero-order chi connectivity index (χ0) is 53.9. The number of halogens is 2. The molecule has 2 aliphatic heterocycles. The Morgan fingerprint density at radius 3 is 1.35 bits per heavy atom. The fraction of sp³-hybridized carbons (Fsp3) is 0.467. The standard InChI is InChI=1S/C23H28ClN5O6S2.C22H26ClN5O7S2/c1-14(22-25-10-17(24)11-26-22)15(2)37(32,33)13-20-27-28-23(16-8-9-36(30,31)12-16)29(20)21-18(34-3)6-5-7-19(21)35-4;1-13(21-24-10-15(23)11-25-21)14(2)36(29,30)12-19-26-27-22(18-8-9-37(31,32)35-18)28(19)20-16(33-3)6-5-7-17(20)34-4/h5-7,10-11,14-16H,8-9,12-13H2,1-4H3;5-7,10-11,13-14,18H,8-9,12H2,1-4H3/t14-,15-,16-;13-,14-,18-/m00/s1. The molecule has 29 heteroatoms. The summed E-state index contributed by atoms with van der Waals surface area (Å²) in [6, 6.07) is 10.2. The lowest BCUT2D eigenvalue weighted by Gasteiger charge is -2.21. The Hall–Kier alpha value is -5.58. The molecular formula is C45H54Cl2N10O13S4. The third kappa shape index (κ3) is 12.2. The fourth-order valence-electron chi connectivity index (χ4n) is 8.39. The highest BCUT2D eigenvalue weighted by Gasteiger charge is 2.40. The first-order valence-electron chi connectivity index (χ1n) is 22.7. The Morgan fingerprint density at radius 2 is 1.00 bits per heavy atom. The van der Waals surface area contributed by atoms with Crippen LogP contribution in [0.5, 0.6) is 23.0 Å². The topological polar surface area (TPSA) is 296 Å². The van der Waals surface area contributed by atoms with Gasteiger partial charge >= 0.3 is 0 Å². The number of methoxy groups -OCH3 is 4. The van der Waals surface area contributed by atoms with Crippen molar-refractivity contribution in [3.05, 3.63) is 106 Å². The number of hydrogen-bond donors (Lipinski definition) is 0. The van der Waals surface area contributed by atoms with Crippen LogP contribution in [-0.2, 0) is 55.3 Å². The van der Waals surface area contributed by atoms with Crippen LogP contribution >= 0.6 is 23.2 Å². The van der Waals surface area contributed by atoms with Gasteiger partial charge in [-0.15, -0.1) is 20.4 Å². The number of hydrogen-bond acceptors (Lipinski definition) is 21. The molecule has 0 saturated carbocycles. The molecule has 0 amide bonds. The molecule has 0 N–H and O–H groups in total. The van der Waals surface area contributed by atoms with Crippen molar-refractivity contribution in [3.63, 3.8) is 0 Å². The molecule has 0 bridgehead atoms. The van der Waals surface area contributed by atoms with E-state index in [1.807, 2.05) is 0 Å². The molecule has 400 valence electrons. The molecule has 2 aromatic carbocycles. The van der Waals surface area contributed by atoms with E-state index in [9.17, 15) is 33.7 Å². The normalized spacial score (nSPS) is 18.9. The summed E-state index contributed by atoms with van der Waals surface area (Å²) in [7, 11) is -8.79. The van der Waals surface area contributed by atoms with Crippen LogP contribution < -0.4 is 18.9 Å². The number of nitrogens with zero attached hydrogens (tertiary/aromatic N) is 10. The Bertz CT molecular complexity index is 3170. The molecular weight excluding hydrogens is 1090 g/mol. The Kier molecular flexibility index (Phi) is 17.2. The summed E-state index contributed by atoms with van der Waals surface area (Å²) >= 11 is 11.7. The molecule has 0 spiro atoms. The summed E-state index contributed by atoms with van der Waals surface area (Å²) in [6.07, 6.45) is 5.19. The summed E-state index contributed by atoms with van der Waals surface area (Å²) in [5.41, 5.74) is 0.732. The van der Waals surface area contributed by atoms with Crippen molar-refractivity contribution in [2.24, 2.45) is 0 Å². The molecule has 6 atom stereocenters. The van der Waals surface area contributed by atoms with Crippen LogP contribution in [0.3, 0.4) is 0 Å². The van der Waals surface area contributed by atoms with Gasteiger partial charge in [0.25, 0.3) is 10.1 Å². The maximum atomic E-state index is 13.6. The van der Waals surface area contributed by atoms with Crippen LogP contribution in [-0.4, -0.2) is 139 Å². The first kappa shape index (κ1) is 56.2. The molecule has 2 aliphatic rings. The maximum Gasteiger partial charge on any atom is 0.268 e. The highest BCUT2D eigenvalue weighted by Crippen LogP contribution is 2.41. The van der Waals surface area contributed by atoms with E-state index in [4.69, 9.17) is 46.3 Å². The molecule has 74 heavy (non-hydrogen) atoms. The van der Waals surface area contributed by atoms with Gasteiger partial charge in [0.2, 0.25) is 0 Å². The van der Waals surface area contributed by atoms with Crippen molar-refractivity contribution in [3.8, 4) is 34.4 Å². The second-order valence-electron chi connectivity index (χ2n) is 17.5. The van der Waals surface area contributed by atoms with Crippen LogP contribution in [0.25, 0.3) is 11.4 Å². The van der Waals surface area contributed by atoms with Gasteiger partial charge in [-0.25, -0.2) is 45.2 Å². The van der Waals surface area contributed by atoms with Crippen LogP contribution in [0.4, 0.5) is 0 Å². The van der Waals surface area contributed by atoms with Gasteiger partial charge in [0.05, 0.1) is 66.2 Å². The average molecular weight is 1140 g/mol. The Balaban J connectivity index is 0.000000216. The SMILES string of the molecule is COc1cccc(OC)c1-n1c(CS(=O)(=O)[C@@H](C)[C@H](C)c2ncc(Cl)cn2)nnc1[C@@H]1CCS(=O)(=O)O1.COc1cccc(OC)c1-n1c(CS(=O)(=O)[C@@H](C)[C@H](C)c2ncc(Cl)cn2)nnc1[C@H]1CCS(=O)(=O)C1. The van der Waals surface area contributed by atoms with E-state index < -0.39 is 85.5 Å². The minimum Gasteiger partial charge on any atom is -0.494 e. The largest absolute Gasteiger partial charge is 0.494 e. The smallest absolute Gasteiger partial charge is 0.268 e. The van der Waals surface area contributed by atoms with Crippen molar-refractivity contribution in [1.82, 2.24) is 49.5 Å². The van der Waals surface area contributed by atoms with Crippen molar-refractivity contribution < 1.29 is 56.8 Å². The predicted molar refractivity (Wildman–Crippen MR) is 272 cm³/mol. The van der Waals surface area contributed by atoms with Crippen molar-refractivity contribution in [2.75, 3.05) is 45.7 Å². The van der Waals surface area contributed by atoms with Crippen molar-refractivity contribution in [1.29, 1.82) is 0 Å². The Labute approximate surface area is 439 Å². The fourth-order valence-corrected chi connectivity index (χ4v) is 14.6. The van der Waals surface area contributed by atoms with E-state index in [-0.39, 0.29) is 41.2 Å². The van der Waals surface area contributed by atoms with Gasteiger partial charge in [0, 0.05) is 42.5 Å². The number of para-hydroxylation sites is 2. The van der Waals surface area contributed by atoms with Gasteiger partial charge in [-0.1, -0.05) is 49.2 Å². The molecule has 8 rings (SSSR count). The van der Waals surface area contributed by atoms with Gasteiger partial charge in [-0.05, 0) is 51.0 Å². The first-order valence-corrected chi connectivity index (χ1v) is 30.3. The highest BCUT2D eigenvalue weighted by atomic mass is 35.5. The first-order chi connectivity index (χ1) is 34.9. The lowest BCUT2D eigenvalue weighted by atomic mass is 10.1. The van der Waals surface area contributed by atoms with E-state index in [0.29, 0.717) is 68.3 Å². The second kappa shape index (κ2) is 22.7. The number of ether oxygens (including phenoxy) is 4. The van der Waals surface area contributed by atoms with Crippen LogP contribution in [0, 0.1) is 0 Å². The van der Waals surface area contributed by atoms with E-state index >= 15 is 0 Å². The summed E-state index contributed by atoms with van der Waals surface area (Å²) < 4.78 is 133. The molecule has 6 heterocycles. The molecule has 23 nitrogen and oxygen atoms in total. The zero-order valence-corrected chi connectivity index (χ0v) is 46.1. The summed E-state index contributed by atoms with van der Waals surface area (Å²) in [5, 5.41) is 15.7. The molecule has 0 unspecified atom stereocenters. The second-order valence-corrected chi connectivity index (χ2v) is 27.0. The van der Waals surface area contributed by atoms with E-state index in [1.54, 1.807) is 68.7 Å². The van der Waals surface area contributed by atoms with Crippen molar-refractivity contribution in [2.45, 2.75) is 86.4 Å². The molecule has 0 radical (unpaired) electrons. The maximum absolute atomic E-state index is 13.6. The minimum absolute atomic E-state index is 0.0247. The molecule has 6 aromatic rings. The number of rotatable bonds is 18. The van der Waals surface area contributed by atoms with E-state index in [0.717, 1.165) is 0 Å². The molecule has 0 aliphatic carbocycles. The van der Waals surface area contributed by atoms with Gasteiger partial charge in [-0.2, -0.15) is 8.42 Å². The number of sulfone groups is 3. The molecule has 2 fully saturated rings. The quantitative estimate of drug-likeness (QED) is 0.0978. The summed E-state index contributed by atoms with van der Waals surface area (Å²) in [6.45, 7) is 6.60. The Morgan fingerprint density at radius 1 is 0.608 bits per heavy atom. The van der Waals surface area contributed by atoms with Crippen LogP contribution in [0.15, 0.2) is 61.2 Å². The third-order valence-corrected chi connectivity index (χ3v) is 20.7. The predicted octanol–water partition coefficient (Wildman–Crippen LogP) is 5.36. The lowest BCUT2D eigenvalue weighted by Crippen LogP contribution is -2.27. The zero-order valence-electron chi connectivity index (χ0n) is 41.4. The van der Waals surface area contributed by atoms with E-state index in [2.05, 4.69) is 40.3 Å². The molecule has 2 saturated heterocycles. The van der Waals surface area contributed by atoms with Gasteiger partial charge in [0.15, 0.2) is 47.0 Å². The van der Waals surface area contributed by atoms with Gasteiger partial charge < -0.3 is 18.9 Å². The minimum atomic E-state index is -3.85. The van der Waals surface area contributed by atoms with E-state index in [1.165, 1.54) is 57.8 Å². The summed E-state index contributed by atoms with van der Waals surface area (Å²) in [5.74, 6) is 0.0154. The van der Waals surface area contributed by atoms with Gasteiger partial charge in [0.1, 0.15) is 69.5 Å². The number of aromatic nitrogens is 10. The highest BCUT2D eigenvalue weighted by molar-refractivity contribution is 7.92. The lowest BCUT2D eigenvalue weighted by molar-refractivity contribution is 0.228. The molecule has 4 aromatic heterocycles. The third-order valence-electron chi connectivity index (χ3n) is 12.8. The van der Waals surface area contributed by atoms with Gasteiger partial charge in [-0.3, -0.25) is 13.3 Å². The monoisotopic (exact) mass is 1140 g/mol. The van der Waals surface area contributed by atoms with Crippen molar-refractivity contribution >= 4 is 62.8 Å².